The van der Waals surface area contributed by atoms with E-state index in [1.807, 2.05) is 0 Å². The van der Waals surface area contributed by atoms with Crippen LogP contribution in [0.15, 0.2) is 0 Å². The molecule has 0 amide bonds. The summed E-state index contributed by atoms with van der Waals surface area (Å²) in [5.74, 6) is 0. The first-order valence-electron chi connectivity index (χ1n) is 11.4. The monoisotopic (exact) mass is 373 g/mol. The van der Waals surface area contributed by atoms with Crippen LogP contribution in [0.5, 0.6) is 0 Å². The molecule has 3 heteroatoms. The molecule has 0 fully saturated rings. The van der Waals surface area contributed by atoms with Gasteiger partial charge in [-0.15, -0.1) is 0 Å². The largest absolute Gasteiger partial charge is 0.508 e. The molecule has 0 saturated carbocycles. The van der Waals surface area contributed by atoms with Gasteiger partial charge in [0.1, 0.15) is 0 Å². The van der Waals surface area contributed by atoms with Crippen molar-refractivity contribution in [2.75, 3.05) is 0 Å². The minimum atomic E-state index is -1.97. The zero-order valence-corrected chi connectivity index (χ0v) is 18.2. The Labute approximate surface area is 159 Å². The van der Waals surface area contributed by atoms with Gasteiger partial charge in [-0.25, -0.2) is 0 Å². The van der Waals surface area contributed by atoms with E-state index in [9.17, 15) is 9.46 Å². The maximum Gasteiger partial charge on any atom is 0.508 e. The fourth-order valence-electron chi connectivity index (χ4n) is 3.57. The van der Waals surface area contributed by atoms with Gasteiger partial charge in [0, 0.05) is 0 Å². The van der Waals surface area contributed by atoms with E-state index in [0.717, 1.165) is 25.7 Å². The molecule has 0 aliphatic carbocycles. The van der Waals surface area contributed by atoms with Gasteiger partial charge < -0.3 is 0 Å². The minimum Gasteiger partial charge on any atom is -0.161 e. The van der Waals surface area contributed by atoms with Crippen molar-refractivity contribution >= 4 is 8.03 Å². The van der Waals surface area contributed by atoms with E-state index < -0.39 is 8.03 Å². The zero-order valence-electron chi connectivity index (χ0n) is 17.3. The second kappa shape index (κ2) is 20.4. The van der Waals surface area contributed by atoms with E-state index in [1.165, 1.54) is 96.3 Å². The summed E-state index contributed by atoms with van der Waals surface area (Å²) in [6.07, 6.45) is 24.5. The topological polar surface area (TPSA) is 37.3 Å². The molecule has 0 aromatic carbocycles. The highest BCUT2D eigenvalue weighted by Gasteiger charge is 2.27. The van der Waals surface area contributed by atoms with Crippen LogP contribution in [-0.4, -0.2) is 10.6 Å². The molecule has 0 heterocycles. The van der Waals surface area contributed by atoms with Crippen LogP contribution in [0.4, 0.5) is 0 Å². The summed E-state index contributed by atoms with van der Waals surface area (Å²) in [4.78, 5) is 9.42. The Kier molecular flexibility index (Phi) is 20.4. The highest BCUT2D eigenvalue weighted by molar-refractivity contribution is 7.38. The van der Waals surface area contributed by atoms with Crippen LogP contribution in [0.1, 0.15) is 136 Å². The second-order valence-corrected chi connectivity index (χ2v) is 9.17. The van der Waals surface area contributed by atoms with Gasteiger partial charge >= 0.3 is 8.03 Å². The van der Waals surface area contributed by atoms with E-state index in [-0.39, 0.29) is 5.66 Å². The lowest BCUT2D eigenvalue weighted by Gasteiger charge is -2.05. The van der Waals surface area contributed by atoms with Gasteiger partial charge in [0.2, 0.25) is 0 Å². The number of hydrogen-bond acceptors (Lipinski definition) is 1. The van der Waals surface area contributed by atoms with Crippen molar-refractivity contribution in [3.63, 3.8) is 0 Å². The van der Waals surface area contributed by atoms with Crippen LogP contribution >= 0.6 is 8.03 Å². The standard InChI is InChI=1S/C22H45O2P/c1-3-5-7-8-9-10-11-12-13-14-15-16-17-19-21-22(25(23)24)20-18-6-4-2/h22H,3-21H2,1-2H3/p+1. The van der Waals surface area contributed by atoms with Gasteiger partial charge in [-0.2, -0.15) is 4.89 Å². The van der Waals surface area contributed by atoms with Crippen LogP contribution < -0.4 is 0 Å². The molecule has 0 aliphatic rings. The van der Waals surface area contributed by atoms with Crippen molar-refractivity contribution < 1.29 is 9.46 Å². The molecule has 0 saturated heterocycles. The smallest absolute Gasteiger partial charge is 0.161 e. The third-order valence-corrected chi connectivity index (χ3v) is 6.49. The Bertz CT molecular complexity index is 281. The van der Waals surface area contributed by atoms with E-state index in [4.69, 9.17) is 0 Å². The van der Waals surface area contributed by atoms with E-state index in [2.05, 4.69) is 13.8 Å². The highest BCUT2D eigenvalue weighted by atomic mass is 31.1. The molecule has 0 bridgehead atoms. The Hall–Kier alpha value is 0.0600. The quantitative estimate of drug-likeness (QED) is 0.171. The summed E-state index contributed by atoms with van der Waals surface area (Å²) in [5.41, 5.74) is 0.0545. The minimum absolute atomic E-state index is 0.0545. The fourth-order valence-corrected chi connectivity index (χ4v) is 4.38. The molecule has 0 aromatic heterocycles. The van der Waals surface area contributed by atoms with Gasteiger partial charge in [-0.05, 0) is 30.2 Å². The summed E-state index contributed by atoms with van der Waals surface area (Å²) < 4.78 is 11.4. The predicted octanol–water partition coefficient (Wildman–Crippen LogP) is 8.54. The molecule has 150 valence electrons. The van der Waals surface area contributed by atoms with E-state index in [1.54, 1.807) is 0 Å². The van der Waals surface area contributed by atoms with Gasteiger partial charge in [-0.3, -0.25) is 0 Å². The first kappa shape index (κ1) is 25.1. The lowest BCUT2D eigenvalue weighted by Crippen LogP contribution is -2.02. The van der Waals surface area contributed by atoms with Crippen molar-refractivity contribution in [2.24, 2.45) is 0 Å². The van der Waals surface area contributed by atoms with Gasteiger partial charge in [-0.1, -0.05) is 110 Å². The lowest BCUT2D eigenvalue weighted by atomic mass is 10.0. The summed E-state index contributed by atoms with van der Waals surface area (Å²) in [6.45, 7) is 4.46. The van der Waals surface area contributed by atoms with Crippen molar-refractivity contribution in [3.8, 4) is 0 Å². The predicted molar refractivity (Wildman–Crippen MR) is 113 cm³/mol. The molecule has 25 heavy (non-hydrogen) atoms. The number of rotatable bonds is 20. The summed E-state index contributed by atoms with van der Waals surface area (Å²) in [7, 11) is -1.97. The molecule has 0 radical (unpaired) electrons. The second-order valence-electron chi connectivity index (χ2n) is 7.84. The van der Waals surface area contributed by atoms with Crippen molar-refractivity contribution in [1.29, 1.82) is 0 Å². The molecule has 0 aliphatic heterocycles. The summed E-state index contributed by atoms with van der Waals surface area (Å²) in [6, 6.07) is 0. The van der Waals surface area contributed by atoms with Crippen LogP contribution in [0.3, 0.4) is 0 Å². The van der Waals surface area contributed by atoms with Crippen LogP contribution in [0.2, 0.25) is 0 Å². The van der Waals surface area contributed by atoms with Crippen molar-refractivity contribution in [1.82, 2.24) is 0 Å². The summed E-state index contributed by atoms with van der Waals surface area (Å²) in [5, 5.41) is 0. The normalized spacial score (nSPS) is 13.2. The third-order valence-electron chi connectivity index (χ3n) is 5.34. The highest BCUT2D eigenvalue weighted by Crippen LogP contribution is 2.31. The van der Waals surface area contributed by atoms with E-state index in [0.29, 0.717) is 0 Å². The number of unbranched alkanes of at least 4 members (excludes halogenated alkanes) is 15. The Morgan fingerprint density at radius 1 is 0.560 bits per heavy atom. The summed E-state index contributed by atoms with van der Waals surface area (Å²) >= 11 is 0. The average molecular weight is 374 g/mol. The van der Waals surface area contributed by atoms with Gasteiger partial charge in [0.15, 0.2) is 5.66 Å². The lowest BCUT2D eigenvalue weighted by molar-refractivity contribution is 0.463. The first-order chi connectivity index (χ1) is 12.2. The Morgan fingerprint density at radius 3 is 1.20 bits per heavy atom. The molecular weight excluding hydrogens is 327 g/mol. The maximum atomic E-state index is 11.4. The molecule has 2 unspecified atom stereocenters. The zero-order chi connectivity index (χ0) is 18.6. The SMILES string of the molecule is CCCCCCCCCCCCCCCCC(CCCCC)[P+](=O)O. The Morgan fingerprint density at radius 2 is 0.840 bits per heavy atom. The molecule has 0 spiro atoms. The molecule has 0 rings (SSSR count). The van der Waals surface area contributed by atoms with Crippen LogP contribution in [0.25, 0.3) is 0 Å². The van der Waals surface area contributed by atoms with Crippen molar-refractivity contribution in [2.45, 2.75) is 142 Å². The molecular formula is C22H46O2P+. The molecule has 1 N–H and O–H groups in total. The first-order valence-corrected chi connectivity index (χ1v) is 12.7. The molecule has 2 nitrogen and oxygen atoms in total. The van der Waals surface area contributed by atoms with Crippen LogP contribution in [0, 0.1) is 0 Å². The van der Waals surface area contributed by atoms with Crippen LogP contribution in [-0.2, 0) is 4.57 Å². The average Bonchev–Trinajstić information content (AvgIpc) is 2.60. The fraction of sp³-hybridized carbons (Fsp3) is 1.00. The van der Waals surface area contributed by atoms with E-state index >= 15 is 0 Å². The molecule has 0 aromatic rings. The maximum absolute atomic E-state index is 11.4. The third kappa shape index (κ3) is 18.6. The van der Waals surface area contributed by atoms with Gasteiger partial charge in [0.05, 0.1) is 0 Å². The molecule has 2 atom stereocenters. The number of hydrogen-bond donors (Lipinski definition) is 1. The van der Waals surface area contributed by atoms with Crippen molar-refractivity contribution in [3.05, 3.63) is 0 Å². The van der Waals surface area contributed by atoms with Gasteiger partial charge in [0.25, 0.3) is 0 Å². The Balaban J connectivity index is 3.30.